The maximum Gasteiger partial charge on any atom is 0.324 e. The van der Waals surface area contributed by atoms with Crippen molar-refractivity contribution in [1.82, 2.24) is 10.2 Å². The van der Waals surface area contributed by atoms with Crippen LogP contribution >= 0.6 is 0 Å². The molecule has 0 fully saturated rings. The van der Waals surface area contributed by atoms with Gasteiger partial charge in [0.2, 0.25) is 0 Å². The van der Waals surface area contributed by atoms with E-state index in [0.717, 1.165) is 13.0 Å². The van der Waals surface area contributed by atoms with E-state index in [0.29, 0.717) is 12.6 Å². The largest absolute Gasteiger partial charge is 0.468 e. The topological polar surface area (TPSA) is 41.6 Å². The summed E-state index contributed by atoms with van der Waals surface area (Å²) in [5.74, 6) is -0.180. The van der Waals surface area contributed by atoms with Gasteiger partial charge < -0.3 is 10.1 Å². The standard InChI is InChI=1S/C13H28N2O2/c1-7-11(5)15(8-2)9-12(13(16)17-6)14-10(3)4/h10-12,14H,7-9H2,1-6H3. The van der Waals surface area contributed by atoms with Crippen molar-refractivity contribution in [3.8, 4) is 0 Å². The second-order valence-corrected chi connectivity index (χ2v) is 4.74. The fourth-order valence-electron chi connectivity index (χ4n) is 1.85. The zero-order valence-corrected chi connectivity index (χ0v) is 12.1. The van der Waals surface area contributed by atoms with Crippen molar-refractivity contribution in [1.29, 1.82) is 0 Å². The third kappa shape index (κ3) is 6.03. The molecule has 2 unspecified atom stereocenters. The molecule has 102 valence electrons. The highest BCUT2D eigenvalue weighted by Gasteiger charge is 2.24. The molecule has 17 heavy (non-hydrogen) atoms. The molecule has 0 radical (unpaired) electrons. The van der Waals surface area contributed by atoms with Crippen LogP contribution in [0.4, 0.5) is 0 Å². The van der Waals surface area contributed by atoms with Gasteiger partial charge in [-0.2, -0.15) is 0 Å². The first kappa shape index (κ1) is 16.4. The lowest BCUT2D eigenvalue weighted by molar-refractivity contribution is -0.144. The molecule has 0 aromatic carbocycles. The van der Waals surface area contributed by atoms with Crippen LogP contribution in [-0.2, 0) is 9.53 Å². The van der Waals surface area contributed by atoms with Gasteiger partial charge in [-0.05, 0) is 19.9 Å². The molecule has 0 aliphatic rings. The minimum atomic E-state index is -0.242. The van der Waals surface area contributed by atoms with Gasteiger partial charge in [-0.25, -0.2) is 0 Å². The normalized spacial score (nSPS) is 15.1. The summed E-state index contributed by atoms with van der Waals surface area (Å²) in [5, 5.41) is 3.26. The van der Waals surface area contributed by atoms with Crippen molar-refractivity contribution < 1.29 is 9.53 Å². The first-order valence-electron chi connectivity index (χ1n) is 6.54. The van der Waals surface area contributed by atoms with Crippen LogP contribution in [0.1, 0.15) is 41.0 Å². The Bertz CT molecular complexity index is 219. The molecule has 0 spiro atoms. The lowest BCUT2D eigenvalue weighted by atomic mass is 10.1. The van der Waals surface area contributed by atoms with E-state index in [9.17, 15) is 4.79 Å². The van der Waals surface area contributed by atoms with Crippen molar-refractivity contribution in [2.24, 2.45) is 0 Å². The Morgan fingerprint density at radius 1 is 1.29 bits per heavy atom. The molecule has 0 heterocycles. The Morgan fingerprint density at radius 3 is 2.24 bits per heavy atom. The van der Waals surface area contributed by atoms with Gasteiger partial charge >= 0.3 is 5.97 Å². The molecule has 0 saturated heterocycles. The number of carbonyl (C=O) groups excluding carboxylic acids is 1. The van der Waals surface area contributed by atoms with Crippen LogP contribution in [0.5, 0.6) is 0 Å². The number of methoxy groups -OCH3 is 1. The van der Waals surface area contributed by atoms with Crippen LogP contribution in [0.2, 0.25) is 0 Å². The van der Waals surface area contributed by atoms with Crippen LogP contribution in [0.3, 0.4) is 0 Å². The van der Waals surface area contributed by atoms with Crippen molar-refractivity contribution in [2.45, 2.75) is 59.2 Å². The van der Waals surface area contributed by atoms with Gasteiger partial charge in [0.15, 0.2) is 0 Å². The summed E-state index contributed by atoms with van der Waals surface area (Å²) in [7, 11) is 1.44. The quantitative estimate of drug-likeness (QED) is 0.659. The average Bonchev–Trinajstić information content (AvgIpc) is 2.31. The van der Waals surface area contributed by atoms with Crippen molar-refractivity contribution >= 4 is 5.97 Å². The van der Waals surface area contributed by atoms with Crippen molar-refractivity contribution in [3.63, 3.8) is 0 Å². The monoisotopic (exact) mass is 244 g/mol. The first-order valence-corrected chi connectivity index (χ1v) is 6.54. The van der Waals surface area contributed by atoms with E-state index >= 15 is 0 Å². The second-order valence-electron chi connectivity index (χ2n) is 4.74. The molecule has 2 atom stereocenters. The Hall–Kier alpha value is -0.610. The predicted octanol–water partition coefficient (Wildman–Crippen LogP) is 1.65. The zero-order valence-electron chi connectivity index (χ0n) is 12.1. The van der Waals surface area contributed by atoms with Gasteiger partial charge in [0.25, 0.3) is 0 Å². The maximum absolute atomic E-state index is 11.7. The van der Waals surface area contributed by atoms with E-state index in [1.807, 2.05) is 13.8 Å². The van der Waals surface area contributed by atoms with Gasteiger partial charge in [0.1, 0.15) is 6.04 Å². The number of hydrogen-bond donors (Lipinski definition) is 1. The second kappa shape index (κ2) is 8.48. The Morgan fingerprint density at radius 2 is 1.88 bits per heavy atom. The molecule has 0 aromatic heterocycles. The third-order valence-electron chi connectivity index (χ3n) is 3.06. The molecule has 0 aliphatic carbocycles. The van der Waals surface area contributed by atoms with E-state index in [1.165, 1.54) is 7.11 Å². The van der Waals surface area contributed by atoms with E-state index in [2.05, 4.69) is 31.0 Å². The number of hydrogen-bond acceptors (Lipinski definition) is 4. The molecule has 0 rings (SSSR count). The molecular formula is C13H28N2O2. The summed E-state index contributed by atoms with van der Waals surface area (Å²) >= 11 is 0. The maximum atomic E-state index is 11.7. The van der Waals surface area contributed by atoms with E-state index < -0.39 is 0 Å². The van der Waals surface area contributed by atoms with Crippen LogP contribution in [0, 0.1) is 0 Å². The summed E-state index contributed by atoms with van der Waals surface area (Å²) in [6, 6.07) is 0.518. The van der Waals surface area contributed by atoms with Crippen LogP contribution in [0.25, 0.3) is 0 Å². The van der Waals surface area contributed by atoms with E-state index in [-0.39, 0.29) is 18.1 Å². The van der Waals surface area contributed by atoms with Crippen LogP contribution in [-0.4, -0.2) is 49.2 Å². The summed E-state index contributed by atoms with van der Waals surface area (Å²) in [6.07, 6.45) is 1.09. The SMILES string of the molecule is CCC(C)N(CC)CC(NC(C)C)C(=O)OC. The number of esters is 1. The Balaban J connectivity index is 4.53. The molecule has 1 N–H and O–H groups in total. The molecule has 0 saturated carbocycles. The lowest BCUT2D eigenvalue weighted by Gasteiger charge is -2.31. The summed E-state index contributed by atoms with van der Waals surface area (Å²) in [4.78, 5) is 14.0. The zero-order chi connectivity index (χ0) is 13.4. The number of likely N-dealkylation sites (N-methyl/N-ethyl adjacent to an activating group) is 1. The molecule has 0 bridgehead atoms. The molecule has 0 aromatic rings. The van der Waals surface area contributed by atoms with Gasteiger partial charge in [0, 0.05) is 18.6 Å². The first-order chi connectivity index (χ1) is 7.96. The van der Waals surface area contributed by atoms with Crippen molar-refractivity contribution in [3.05, 3.63) is 0 Å². The van der Waals surface area contributed by atoms with Crippen molar-refractivity contribution in [2.75, 3.05) is 20.2 Å². The highest BCUT2D eigenvalue weighted by molar-refractivity contribution is 5.76. The minimum Gasteiger partial charge on any atom is -0.468 e. The molecule has 4 nitrogen and oxygen atoms in total. The third-order valence-corrected chi connectivity index (χ3v) is 3.06. The fourth-order valence-corrected chi connectivity index (χ4v) is 1.85. The van der Waals surface area contributed by atoms with Crippen LogP contribution < -0.4 is 5.32 Å². The van der Waals surface area contributed by atoms with Gasteiger partial charge in [0.05, 0.1) is 7.11 Å². The van der Waals surface area contributed by atoms with Gasteiger partial charge in [-0.15, -0.1) is 0 Å². The smallest absolute Gasteiger partial charge is 0.324 e. The lowest BCUT2D eigenvalue weighted by Crippen LogP contribution is -2.50. The molecule has 4 heteroatoms. The summed E-state index contributed by atoms with van der Waals surface area (Å²) < 4.78 is 4.84. The number of nitrogens with one attached hydrogen (secondary N) is 1. The minimum absolute atomic E-state index is 0.180. The number of nitrogens with zero attached hydrogens (tertiary/aromatic N) is 1. The molecule has 0 amide bonds. The van der Waals surface area contributed by atoms with E-state index in [4.69, 9.17) is 4.74 Å². The van der Waals surface area contributed by atoms with Crippen LogP contribution in [0.15, 0.2) is 0 Å². The Labute approximate surface area is 106 Å². The number of ether oxygens (including phenoxy) is 1. The van der Waals surface area contributed by atoms with E-state index in [1.54, 1.807) is 0 Å². The fraction of sp³-hybridized carbons (Fsp3) is 0.923. The number of rotatable bonds is 8. The summed E-state index contributed by atoms with van der Waals surface area (Å²) in [5.41, 5.74) is 0. The summed E-state index contributed by atoms with van der Waals surface area (Å²) in [6.45, 7) is 12.2. The predicted molar refractivity (Wildman–Crippen MR) is 71.1 cm³/mol. The number of carbonyl (C=O) groups is 1. The Kier molecular flexibility index (Phi) is 8.17. The highest BCUT2D eigenvalue weighted by Crippen LogP contribution is 2.05. The molecular weight excluding hydrogens is 216 g/mol. The molecule has 0 aliphatic heterocycles. The van der Waals surface area contributed by atoms with Gasteiger partial charge in [-0.3, -0.25) is 9.69 Å². The highest BCUT2D eigenvalue weighted by atomic mass is 16.5. The average molecular weight is 244 g/mol. The van der Waals surface area contributed by atoms with Gasteiger partial charge in [-0.1, -0.05) is 27.7 Å².